The molecule has 0 atom stereocenters. The van der Waals surface area contributed by atoms with E-state index in [0.717, 1.165) is 12.8 Å². The molecule has 0 unspecified atom stereocenters. The molecule has 0 saturated heterocycles. The Kier molecular flexibility index (Phi) is 6.02. The lowest BCUT2D eigenvalue weighted by atomic mass is 10.4. The summed E-state index contributed by atoms with van der Waals surface area (Å²) in [4.78, 5) is 0. The number of hydrogen-bond donors (Lipinski definition) is 0. The predicted octanol–water partition coefficient (Wildman–Crippen LogP) is 1.71. The van der Waals surface area contributed by atoms with Crippen LogP contribution < -0.4 is 0 Å². The Bertz CT molecular complexity index is 216. The number of hydrogen-bond acceptors (Lipinski definition) is 3. The highest BCUT2D eigenvalue weighted by atomic mass is 32.2. The molecule has 0 bridgehead atoms. The summed E-state index contributed by atoms with van der Waals surface area (Å²) < 4.78 is 26.6. The van der Waals surface area contributed by atoms with Crippen molar-refractivity contribution in [2.75, 3.05) is 12.4 Å². The average Bonchev–Trinajstić information content (AvgIpc) is 2.01. The molecular formula is C8H16O3S. The van der Waals surface area contributed by atoms with Crippen LogP contribution in [-0.2, 0) is 14.3 Å². The molecule has 0 aromatic carbocycles. The molecule has 4 heteroatoms. The van der Waals surface area contributed by atoms with Crippen molar-refractivity contribution in [2.45, 2.75) is 26.7 Å². The number of rotatable bonds is 6. The Morgan fingerprint density at radius 1 is 1.25 bits per heavy atom. The molecule has 0 saturated carbocycles. The minimum atomic E-state index is -3.30. The van der Waals surface area contributed by atoms with Gasteiger partial charge in [0.15, 0.2) is 0 Å². The third-order valence-electron chi connectivity index (χ3n) is 1.17. The normalized spacial score (nSPS) is 12.5. The van der Waals surface area contributed by atoms with Crippen LogP contribution in [-0.4, -0.2) is 20.8 Å². The first-order chi connectivity index (χ1) is 5.62. The lowest BCUT2D eigenvalue weighted by Gasteiger charge is -1.99. The summed E-state index contributed by atoms with van der Waals surface area (Å²) in [6.07, 6.45) is 5.00. The molecule has 0 aromatic heterocycles. The zero-order valence-corrected chi connectivity index (χ0v) is 8.43. The zero-order chi connectivity index (χ0) is 9.45. The van der Waals surface area contributed by atoms with Gasteiger partial charge in [0.1, 0.15) is 0 Å². The minimum Gasteiger partial charge on any atom is -0.270 e. The molecule has 0 rings (SSSR count). The van der Waals surface area contributed by atoms with Crippen molar-refractivity contribution in [1.82, 2.24) is 0 Å². The van der Waals surface area contributed by atoms with Gasteiger partial charge in [-0.15, -0.1) is 0 Å². The van der Waals surface area contributed by atoms with Gasteiger partial charge in [-0.05, 0) is 12.8 Å². The first-order valence-electron chi connectivity index (χ1n) is 4.14. The fraction of sp³-hybridized carbons (Fsp3) is 0.750. The van der Waals surface area contributed by atoms with E-state index in [9.17, 15) is 8.42 Å². The molecule has 12 heavy (non-hydrogen) atoms. The lowest BCUT2D eigenvalue weighted by Crippen LogP contribution is -2.09. The van der Waals surface area contributed by atoms with Gasteiger partial charge in [-0.3, -0.25) is 4.18 Å². The second kappa shape index (κ2) is 6.20. The average molecular weight is 192 g/mol. The van der Waals surface area contributed by atoms with E-state index in [1.165, 1.54) is 0 Å². The highest BCUT2D eigenvalue weighted by Gasteiger charge is 2.06. The van der Waals surface area contributed by atoms with Gasteiger partial charge in [0.25, 0.3) is 10.1 Å². The molecule has 0 amide bonds. The Morgan fingerprint density at radius 3 is 2.42 bits per heavy atom. The second-order valence-electron chi connectivity index (χ2n) is 2.43. The van der Waals surface area contributed by atoms with Gasteiger partial charge in [-0.1, -0.05) is 26.0 Å². The molecule has 0 heterocycles. The Morgan fingerprint density at radius 2 is 1.92 bits per heavy atom. The highest BCUT2D eigenvalue weighted by Crippen LogP contribution is 1.95. The van der Waals surface area contributed by atoms with Gasteiger partial charge >= 0.3 is 0 Å². The quantitative estimate of drug-likeness (QED) is 0.475. The Balaban J connectivity index is 3.80. The van der Waals surface area contributed by atoms with Crippen molar-refractivity contribution in [2.24, 2.45) is 0 Å². The zero-order valence-electron chi connectivity index (χ0n) is 7.62. The SMILES string of the molecule is CCC=CCS(=O)(=O)OCCC. The van der Waals surface area contributed by atoms with E-state index in [2.05, 4.69) is 4.18 Å². The van der Waals surface area contributed by atoms with Crippen molar-refractivity contribution in [3.8, 4) is 0 Å². The van der Waals surface area contributed by atoms with Crippen LogP contribution in [0.1, 0.15) is 26.7 Å². The van der Waals surface area contributed by atoms with E-state index in [1.54, 1.807) is 6.08 Å². The van der Waals surface area contributed by atoms with E-state index in [4.69, 9.17) is 0 Å². The lowest BCUT2D eigenvalue weighted by molar-refractivity contribution is 0.320. The number of allylic oxidation sites excluding steroid dienone is 1. The molecule has 0 N–H and O–H groups in total. The van der Waals surface area contributed by atoms with Crippen LogP contribution in [0.2, 0.25) is 0 Å². The third-order valence-corrected chi connectivity index (χ3v) is 2.30. The first-order valence-corrected chi connectivity index (χ1v) is 5.72. The maximum absolute atomic E-state index is 11.0. The maximum atomic E-state index is 11.0. The van der Waals surface area contributed by atoms with E-state index in [0.29, 0.717) is 0 Å². The summed E-state index contributed by atoms with van der Waals surface area (Å²) in [6.45, 7) is 4.11. The highest BCUT2D eigenvalue weighted by molar-refractivity contribution is 7.86. The van der Waals surface area contributed by atoms with Crippen LogP contribution in [0.15, 0.2) is 12.2 Å². The molecule has 0 fully saturated rings. The Labute approximate surface area is 74.6 Å². The van der Waals surface area contributed by atoms with E-state index in [1.807, 2.05) is 19.9 Å². The van der Waals surface area contributed by atoms with Crippen molar-refractivity contribution >= 4 is 10.1 Å². The molecule has 0 aliphatic carbocycles. The van der Waals surface area contributed by atoms with Gasteiger partial charge in [0.05, 0.1) is 12.4 Å². The summed E-state index contributed by atoms with van der Waals surface area (Å²) in [5.41, 5.74) is 0. The van der Waals surface area contributed by atoms with Crippen LogP contribution in [0.4, 0.5) is 0 Å². The molecule has 0 radical (unpaired) electrons. The van der Waals surface area contributed by atoms with Crippen LogP contribution >= 0.6 is 0 Å². The van der Waals surface area contributed by atoms with Crippen molar-refractivity contribution in [1.29, 1.82) is 0 Å². The summed E-state index contributed by atoms with van der Waals surface area (Å²) in [6, 6.07) is 0. The third kappa shape index (κ3) is 6.37. The van der Waals surface area contributed by atoms with Gasteiger partial charge in [-0.25, -0.2) is 0 Å². The molecule has 72 valence electrons. The molecule has 0 aliphatic rings. The summed E-state index contributed by atoms with van der Waals surface area (Å²) in [7, 11) is -3.30. The van der Waals surface area contributed by atoms with E-state index < -0.39 is 10.1 Å². The van der Waals surface area contributed by atoms with Gasteiger partial charge < -0.3 is 0 Å². The van der Waals surface area contributed by atoms with Gasteiger partial charge in [0.2, 0.25) is 0 Å². The smallest absolute Gasteiger partial charge is 0.270 e. The van der Waals surface area contributed by atoms with Crippen molar-refractivity contribution < 1.29 is 12.6 Å². The van der Waals surface area contributed by atoms with Gasteiger partial charge in [-0.2, -0.15) is 8.42 Å². The van der Waals surface area contributed by atoms with Crippen molar-refractivity contribution in [3.05, 3.63) is 12.2 Å². The maximum Gasteiger partial charge on any atom is 0.270 e. The van der Waals surface area contributed by atoms with Crippen LogP contribution in [0.5, 0.6) is 0 Å². The standard InChI is InChI=1S/C8H16O3S/c1-3-5-6-8-12(9,10)11-7-4-2/h5-6H,3-4,7-8H2,1-2H3. The first kappa shape index (κ1) is 11.6. The fourth-order valence-electron chi connectivity index (χ4n) is 0.611. The van der Waals surface area contributed by atoms with Crippen molar-refractivity contribution in [3.63, 3.8) is 0 Å². The summed E-state index contributed by atoms with van der Waals surface area (Å²) in [5, 5.41) is 0. The van der Waals surface area contributed by atoms with Gasteiger partial charge in [0, 0.05) is 0 Å². The fourth-order valence-corrected chi connectivity index (χ4v) is 1.50. The Hall–Kier alpha value is -0.350. The van der Waals surface area contributed by atoms with E-state index >= 15 is 0 Å². The topological polar surface area (TPSA) is 43.4 Å². The second-order valence-corrected chi connectivity index (χ2v) is 4.11. The molecular weight excluding hydrogens is 176 g/mol. The van der Waals surface area contributed by atoms with Crippen LogP contribution in [0, 0.1) is 0 Å². The van der Waals surface area contributed by atoms with Crippen LogP contribution in [0.25, 0.3) is 0 Å². The monoisotopic (exact) mass is 192 g/mol. The molecule has 0 aliphatic heterocycles. The summed E-state index contributed by atoms with van der Waals surface area (Å²) in [5.74, 6) is -0.0131. The molecule has 0 spiro atoms. The minimum absolute atomic E-state index is 0.0131. The largest absolute Gasteiger partial charge is 0.270 e. The van der Waals surface area contributed by atoms with Crippen LogP contribution in [0.3, 0.4) is 0 Å². The van der Waals surface area contributed by atoms with E-state index in [-0.39, 0.29) is 12.4 Å². The molecule has 3 nitrogen and oxygen atoms in total. The summed E-state index contributed by atoms with van der Waals surface area (Å²) >= 11 is 0. The predicted molar refractivity (Wildman–Crippen MR) is 49.5 cm³/mol. The molecule has 0 aromatic rings.